The summed E-state index contributed by atoms with van der Waals surface area (Å²) < 4.78 is 0. The molecule has 0 aliphatic rings. The van der Waals surface area contributed by atoms with Crippen molar-refractivity contribution in [3.05, 3.63) is 19.6 Å². The van der Waals surface area contributed by atoms with E-state index in [2.05, 4.69) is 6.92 Å². The van der Waals surface area contributed by atoms with Crippen LogP contribution in [0.4, 0.5) is 0 Å². The molecule has 1 radical (unpaired) electrons. The van der Waals surface area contributed by atoms with E-state index < -0.39 is 0 Å². The summed E-state index contributed by atoms with van der Waals surface area (Å²) in [5.74, 6) is 0. The Labute approximate surface area is 46.6 Å². The average Bonchev–Trinajstić information content (AvgIpc) is 1.37. The Hall–Kier alpha value is 0.389. The average molecular weight is 246 g/mol. The molecule has 0 aromatic heterocycles. The van der Waals surface area contributed by atoms with Crippen molar-refractivity contribution in [1.29, 1.82) is 0 Å². The van der Waals surface area contributed by atoms with Crippen molar-refractivity contribution in [2.24, 2.45) is 0 Å². The van der Waals surface area contributed by atoms with Crippen LogP contribution >= 0.6 is 0 Å². The number of hydrogen-bond donors (Lipinski definition) is 0. The van der Waals surface area contributed by atoms with E-state index in [1.54, 1.807) is 0 Å². The van der Waals surface area contributed by atoms with E-state index in [0.29, 0.717) is 0 Å². The van der Waals surface area contributed by atoms with Crippen LogP contribution in [0.1, 0.15) is 6.42 Å². The second-order valence-electron chi connectivity index (χ2n) is 0.524. The molecule has 0 N–H and O–H groups in total. The van der Waals surface area contributed by atoms with Gasteiger partial charge in [-0.3, -0.25) is 0 Å². The molecule has 0 spiro atoms. The molecule has 0 amide bonds. The molecular formula is C4H6Ir-2. The molecule has 1 heteroatoms. The van der Waals surface area contributed by atoms with Gasteiger partial charge in [0.1, 0.15) is 0 Å². The Balaban J connectivity index is 0. The standard InChI is InChI=1S/C4H6.Ir/c1-3-4-2;/h1,3H,2,4H2;/q-2;. The molecule has 0 atom stereocenters. The summed E-state index contributed by atoms with van der Waals surface area (Å²) >= 11 is 0. The van der Waals surface area contributed by atoms with Gasteiger partial charge in [0.25, 0.3) is 0 Å². The van der Waals surface area contributed by atoms with Crippen molar-refractivity contribution in [2.45, 2.75) is 6.42 Å². The maximum atomic E-state index is 4.84. The zero-order valence-electron chi connectivity index (χ0n) is 2.90. The Morgan fingerprint density at radius 3 is 2.00 bits per heavy atom. The molecular weight excluding hydrogens is 240 g/mol. The van der Waals surface area contributed by atoms with Gasteiger partial charge < -0.3 is 19.6 Å². The van der Waals surface area contributed by atoms with Crippen LogP contribution in [0.3, 0.4) is 0 Å². The van der Waals surface area contributed by atoms with E-state index in [-0.39, 0.29) is 20.1 Å². The van der Waals surface area contributed by atoms with Crippen LogP contribution in [0.25, 0.3) is 0 Å². The van der Waals surface area contributed by atoms with E-state index in [4.69, 9.17) is 6.58 Å². The SMILES string of the molecule is [CH-]=CC[CH2-].[Ir]. The molecule has 0 aromatic rings. The van der Waals surface area contributed by atoms with Gasteiger partial charge >= 0.3 is 0 Å². The van der Waals surface area contributed by atoms with Gasteiger partial charge in [0.2, 0.25) is 0 Å². The predicted molar refractivity (Wildman–Crippen MR) is 18.8 cm³/mol. The summed E-state index contributed by atoms with van der Waals surface area (Å²) in [6, 6.07) is 0. The molecule has 0 aromatic carbocycles. The zero-order valence-corrected chi connectivity index (χ0v) is 5.30. The molecule has 0 nitrogen and oxygen atoms in total. The van der Waals surface area contributed by atoms with Crippen LogP contribution in [0.2, 0.25) is 0 Å². The first-order valence-corrected chi connectivity index (χ1v) is 1.24. The first-order valence-electron chi connectivity index (χ1n) is 1.24. The maximum Gasteiger partial charge on any atom is 0 e. The van der Waals surface area contributed by atoms with E-state index >= 15 is 0 Å². The van der Waals surface area contributed by atoms with Crippen molar-refractivity contribution in [2.75, 3.05) is 0 Å². The van der Waals surface area contributed by atoms with Crippen molar-refractivity contribution in [3.8, 4) is 0 Å². The molecule has 0 bridgehead atoms. The van der Waals surface area contributed by atoms with Gasteiger partial charge in [-0.25, -0.2) is 0 Å². The minimum atomic E-state index is 0. The molecule has 0 saturated carbocycles. The van der Waals surface area contributed by atoms with Gasteiger partial charge in [0, 0.05) is 20.1 Å². The normalized spacial score (nSPS) is 5.00. The smallest absolute Gasteiger partial charge is 0 e. The van der Waals surface area contributed by atoms with E-state index in [1.165, 1.54) is 6.08 Å². The summed E-state index contributed by atoms with van der Waals surface area (Å²) in [5, 5.41) is 0. The third-order valence-corrected chi connectivity index (χ3v) is 0.167. The molecule has 5 heavy (non-hydrogen) atoms. The fourth-order valence-corrected chi connectivity index (χ4v) is 0. The van der Waals surface area contributed by atoms with Crippen LogP contribution in [0, 0.1) is 13.5 Å². The largest absolute Gasteiger partial charge is 0.520 e. The van der Waals surface area contributed by atoms with E-state index in [1.807, 2.05) is 0 Å². The van der Waals surface area contributed by atoms with Crippen LogP contribution in [-0.4, -0.2) is 0 Å². The summed E-state index contributed by atoms with van der Waals surface area (Å²) in [6.45, 7) is 8.26. The molecule has 0 heterocycles. The van der Waals surface area contributed by atoms with Gasteiger partial charge in [0.05, 0.1) is 0 Å². The topological polar surface area (TPSA) is 0 Å². The number of allylic oxidation sites excluding steroid dienone is 1. The number of hydrogen-bond acceptors (Lipinski definition) is 0. The van der Waals surface area contributed by atoms with Gasteiger partial charge in [-0.05, 0) is 0 Å². The first-order chi connectivity index (χ1) is 1.91. The zero-order chi connectivity index (χ0) is 3.41. The van der Waals surface area contributed by atoms with Crippen molar-refractivity contribution in [1.82, 2.24) is 0 Å². The molecule has 0 fully saturated rings. The summed E-state index contributed by atoms with van der Waals surface area (Å²) in [6.07, 6.45) is 2.24. The minimum absolute atomic E-state index is 0. The second kappa shape index (κ2) is 8.83. The Bertz CT molecular complexity index is 17.6. The third kappa shape index (κ3) is 13.0. The fourth-order valence-electron chi connectivity index (χ4n) is 0. The van der Waals surface area contributed by atoms with E-state index in [0.717, 1.165) is 6.42 Å². The fraction of sp³-hybridized carbons (Fsp3) is 0.250. The molecule has 0 aliphatic heterocycles. The Kier molecular flexibility index (Phi) is 16.0. The monoisotopic (exact) mass is 247 g/mol. The molecule has 33 valence electrons. The van der Waals surface area contributed by atoms with Gasteiger partial charge in [0.15, 0.2) is 0 Å². The van der Waals surface area contributed by atoms with Crippen LogP contribution < -0.4 is 0 Å². The minimum Gasteiger partial charge on any atom is -0.520 e. The Morgan fingerprint density at radius 1 is 1.80 bits per heavy atom. The molecule has 0 unspecified atom stereocenters. The molecule has 0 saturated heterocycles. The van der Waals surface area contributed by atoms with Crippen molar-refractivity contribution in [3.63, 3.8) is 0 Å². The van der Waals surface area contributed by atoms with Crippen LogP contribution in [0.5, 0.6) is 0 Å². The predicted octanol–water partition coefficient (Wildman–Crippen LogP) is 1.20. The second-order valence-corrected chi connectivity index (χ2v) is 0.524. The quantitative estimate of drug-likeness (QED) is 0.610. The van der Waals surface area contributed by atoms with Crippen molar-refractivity contribution < 1.29 is 20.1 Å². The Morgan fingerprint density at radius 2 is 2.00 bits per heavy atom. The maximum absolute atomic E-state index is 4.84. The molecule has 0 aliphatic carbocycles. The van der Waals surface area contributed by atoms with Gasteiger partial charge in [-0.2, -0.15) is 6.42 Å². The van der Waals surface area contributed by atoms with Gasteiger partial charge in [-0.1, -0.05) is 0 Å². The number of rotatable bonds is 1. The van der Waals surface area contributed by atoms with Gasteiger partial charge in [-0.15, -0.1) is 0 Å². The van der Waals surface area contributed by atoms with E-state index in [9.17, 15) is 0 Å². The first kappa shape index (κ1) is 9.04. The summed E-state index contributed by atoms with van der Waals surface area (Å²) in [7, 11) is 0. The van der Waals surface area contributed by atoms with Crippen LogP contribution in [-0.2, 0) is 20.1 Å². The summed E-state index contributed by atoms with van der Waals surface area (Å²) in [4.78, 5) is 0. The molecule has 0 rings (SSSR count). The summed E-state index contributed by atoms with van der Waals surface area (Å²) in [5.41, 5.74) is 0. The van der Waals surface area contributed by atoms with Crippen molar-refractivity contribution >= 4 is 0 Å². The third-order valence-electron chi connectivity index (χ3n) is 0.167. The van der Waals surface area contributed by atoms with Crippen LogP contribution in [0.15, 0.2) is 6.08 Å².